The maximum absolute atomic E-state index is 5.27. The lowest BCUT2D eigenvalue weighted by Gasteiger charge is -2.07. The highest BCUT2D eigenvalue weighted by atomic mass is 16.5. The number of benzene rings is 1. The van der Waals surface area contributed by atoms with Gasteiger partial charge in [0.05, 0.1) is 30.7 Å². The maximum Gasteiger partial charge on any atom is 0.121 e. The van der Waals surface area contributed by atoms with E-state index in [1.165, 1.54) is 0 Å². The van der Waals surface area contributed by atoms with Crippen molar-refractivity contribution in [2.24, 2.45) is 0 Å². The van der Waals surface area contributed by atoms with Crippen LogP contribution in [0.1, 0.15) is 5.56 Å². The van der Waals surface area contributed by atoms with Crippen molar-refractivity contribution in [1.29, 1.82) is 0 Å². The second-order valence-electron chi connectivity index (χ2n) is 4.17. The molecule has 0 fully saturated rings. The van der Waals surface area contributed by atoms with Gasteiger partial charge in [0.2, 0.25) is 0 Å². The molecule has 0 aliphatic heterocycles. The fourth-order valence-electron chi connectivity index (χ4n) is 2.12. The second kappa shape index (κ2) is 4.14. The van der Waals surface area contributed by atoms with Crippen LogP contribution in [-0.2, 0) is 0 Å². The molecule has 0 saturated heterocycles. The van der Waals surface area contributed by atoms with Crippen LogP contribution in [0.2, 0.25) is 0 Å². The van der Waals surface area contributed by atoms with E-state index >= 15 is 0 Å². The van der Waals surface area contributed by atoms with Gasteiger partial charge in [-0.25, -0.2) is 4.98 Å². The number of aromatic nitrogens is 3. The lowest BCUT2D eigenvalue weighted by molar-refractivity contribution is 0.412. The lowest BCUT2D eigenvalue weighted by atomic mass is 10.0. The van der Waals surface area contributed by atoms with Crippen molar-refractivity contribution in [1.82, 2.24) is 15.0 Å². The third-order valence-corrected chi connectivity index (χ3v) is 3.04. The molecule has 0 aliphatic carbocycles. The molecule has 0 saturated carbocycles. The van der Waals surface area contributed by atoms with E-state index in [1.54, 1.807) is 19.6 Å². The molecule has 1 aromatic carbocycles. The molecule has 0 bridgehead atoms. The van der Waals surface area contributed by atoms with E-state index in [2.05, 4.69) is 21.0 Å². The van der Waals surface area contributed by atoms with Crippen LogP contribution in [0.3, 0.4) is 0 Å². The summed E-state index contributed by atoms with van der Waals surface area (Å²) in [5, 5.41) is 0. The first-order chi connectivity index (χ1) is 8.79. The Morgan fingerprint density at radius 2 is 2.11 bits per heavy atom. The molecule has 0 aliphatic rings. The first kappa shape index (κ1) is 10.8. The quantitative estimate of drug-likeness (QED) is 0.748. The number of hydrogen-bond acceptors (Lipinski definition) is 3. The number of rotatable bonds is 2. The van der Waals surface area contributed by atoms with Crippen LogP contribution in [0.15, 0.2) is 36.9 Å². The van der Waals surface area contributed by atoms with E-state index in [-0.39, 0.29) is 0 Å². The third kappa shape index (κ3) is 1.62. The summed E-state index contributed by atoms with van der Waals surface area (Å²) in [5.74, 6) is 0.890. The zero-order valence-corrected chi connectivity index (χ0v) is 10.3. The summed E-state index contributed by atoms with van der Waals surface area (Å²) < 4.78 is 5.27. The topological polar surface area (TPSA) is 50.8 Å². The maximum atomic E-state index is 5.27. The van der Waals surface area contributed by atoms with E-state index in [0.29, 0.717) is 0 Å². The van der Waals surface area contributed by atoms with Gasteiger partial charge >= 0.3 is 0 Å². The van der Waals surface area contributed by atoms with Crippen LogP contribution in [-0.4, -0.2) is 22.1 Å². The van der Waals surface area contributed by atoms with Gasteiger partial charge in [0.1, 0.15) is 5.75 Å². The van der Waals surface area contributed by atoms with Crippen LogP contribution in [0, 0.1) is 6.92 Å². The summed E-state index contributed by atoms with van der Waals surface area (Å²) in [6, 6.07) is 6.08. The molecule has 90 valence electrons. The van der Waals surface area contributed by atoms with Crippen LogP contribution in [0.25, 0.3) is 22.2 Å². The number of nitrogens with one attached hydrogen (secondary N) is 1. The number of aryl methyl sites for hydroxylation is 1. The number of imidazole rings is 1. The van der Waals surface area contributed by atoms with E-state index in [1.807, 2.05) is 25.3 Å². The first-order valence-corrected chi connectivity index (χ1v) is 5.71. The van der Waals surface area contributed by atoms with Crippen molar-refractivity contribution in [3.8, 4) is 16.9 Å². The summed E-state index contributed by atoms with van der Waals surface area (Å²) in [4.78, 5) is 11.6. The summed E-state index contributed by atoms with van der Waals surface area (Å²) in [5.41, 5.74) is 5.11. The van der Waals surface area contributed by atoms with Crippen molar-refractivity contribution >= 4 is 11.0 Å². The Hall–Kier alpha value is -2.36. The minimum Gasteiger partial charge on any atom is -0.496 e. The third-order valence-electron chi connectivity index (χ3n) is 3.04. The Balaban J connectivity index is 2.20. The Bertz CT molecular complexity index is 703. The molecule has 3 rings (SSSR count). The van der Waals surface area contributed by atoms with E-state index < -0.39 is 0 Å². The zero-order chi connectivity index (χ0) is 12.5. The van der Waals surface area contributed by atoms with Crippen molar-refractivity contribution in [3.05, 3.63) is 42.5 Å². The molecule has 1 N–H and O–H groups in total. The highest BCUT2D eigenvalue weighted by Crippen LogP contribution is 2.29. The van der Waals surface area contributed by atoms with Crippen molar-refractivity contribution in [3.63, 3.8) is 0 Å². The Morgan fingerprint density at radius 1 is 1.22 bits per heavy atom. The number of fused-ring (bicyclic) bond motifs is 1. The molecule has 0 radical (unpaired) electrons. The number of methoxy groups -OCH3 is 1. The minimum absolute atomic E-state index is 0.890. The van der Waals surface area contributed by atoms with E-state index in [9.17, 15) is 0 Å². The summed E-state index contributed by atoms with van der Waals surface area (Å²) in [7, 11) is 1.68. The summed E-state index contributed by atoms with van der Waals surface area (Å²) in [6.07, 6.45) is 5.30. The Morgan fingerprint density at radius 3 is 2.89 bits per heavy atom. The molecule has 2 aromatic heterocycles. The SMILES string of the molecule is COc1ccc(-c2cncc3[nH]cnc23)cc1C. The minimum atomic E-state index is 0.890. The number of hydrogen-bond donors (Lipinski definition) is 1. The van der Waals surface area contributed by atoms with Gasteiger partial charge in [0, 0.05) is 11.8 Å². The molecule has 0 unspecified atom stereocenters. The lowest BCUT2D eigenvalue weighted by Crippen LogP contribution is -1.89. The van der Waals surface area contributed by atoms with Crippen LogP contribution in [0.5, 0.6) is 5.75 Å². The smallest absolute Gasteiger partial charge is 0.121 e. The van der Waals surface area contributed by atoms with Gasteiger partial charge in [-0.3, -0.25) is 4.98 Å². The molecule has 4 heteroatoms. The first-order valence-electron chi connectivity index (χ1n) is 5.71. The molecular formula is C14H13N3O. The Kier molecular flexibility index (Phi) is 2.48. The van der Waals surface area contributed by atoms with Crippen molar-refractivity contribution in [2.75, 3.05) is 7.11 Å². The van der Waals surface area contributed by atoms with Gasteiger partial charge in [0.15, 0.2) is 0 Å². The fourth-order valence-corrected chi connectivity index (χ4v) is 2.12. The van der Waals surface area contributed by atoms with Gasteiger partial charge in [0.25, 0.3) is 0 Å². The van der Waals surface area contributed by atoms with Crippen molar-refractivity contribution < 1.29 is 4.74 Å². The summed E-state index contributed by atoms with van der Waals surface area (Å²) >= 11 is 0. The molecule has 18 heavy (non-hydrogen) atoms. The monoisotopic (exact) mass is 239 g/mol. The number of nitrogens with zero attached hydrogens (tertiary/aromatic N) is 2. The van der Waals surface area contributed by atoms with Gasteiger partial charge in [-0.1, -0.05) is 6.07 Å². The average Bonchev–Trinajstić information content (AvgIpc) is 2.86. The molecule has 4 nitrogen and oxygen atoms in total. The predicted molar refractivity (Wildman–Crippen MR) is 70.6 cm³/mol. The number of ether oxygens (including phenoxy) is 1. The van der Waals surface area contributed by atoms with Crippen LogP contribution >= 0.6 is 0 Å². The number of aromatic amines is 1. The standard InChI is InChI=1S/C14H13N3O/c1-9-5-10(3-4-13(9)18-2)11-6-15-7-12-14(11)17-8-16-12/h3-8H,1-2H3,(H,16,17). The van der Waals surface area contributed by atoms with Gasteiger partial charge in [-0.15, -0.1) is 0 Å². The fraction of sp³-hybridized carbons (Fsp3) is 0.143. The number of H-pyrrole nitrogens is 1. The highest BCUT2D eigenvalue weighted by molar-refractivity contribution is 5.90. The Labute approximate surface area is 105 Å². The largest absolute Gasteiger partial charge is 0.496 e. The molecular weight excluding hydrogens is 226 g/mol. The van der Waals surface area contributed by atoms with Crippen LogP contribution < -0.4 is 4.74 Å². The molecule has 2 heterocycles. The van der Waals surface area contributed by atoms with E-state index in [0.717, 1.165) is 33.5 Å². The summed E-state index contributed by atoms with van der Waals surface area (Å²) in [6.45, 7) is 2.03. The zero-order valence-electron chi connectivity index (χ0n) is 10.3. The molecule has 3 aromatic rings. The van der Waals surface area contributed by atoms with Crippen molar-refractivity contribution in [2.45, 2.75) is 6.92 Å². The molecule has 0 amide bonds. The molecule has 0 atom stereocenters. The van der Waals surface area contributed by atoms with Crippen LogP contribution in [0.4, 0.5) is 0 Å². The second-order valence-corrected chi connectivity index (χ2v) is 4.17. The average molecular weight is 239 g/mol. The van der Waals surface area contributed by atoms with Gasteiger partial charge < -0.3 is 9.72 Å². The number of pyridine rings is 1. The predicted octanol–water partition coefficient (Wildman–Crippen LogP) is 2.94. The highest BCUT2D eigenvalue weighted by Gasteiger charge is 2.08. The molecule has 0 spiro atoms. The normalized spacial score (nSPS) is 10.8. The van der Waals surface area contributed by atoms with Gasteiger partial charge in [-0.2, -0.15) is 0 Å². The van der Waals surface area contributed by atoms with E-state index in [4.69, 9.17) is 4.74 Å². The van der Waals surface area contributed by atoms with Gasteiger partial charge in [-0.05, 0) is 30.2 Å².